The van der Waals surface area contributed by atoms with Gasteiger partial charge in [0, 0.05) is 6.20 Å². The Morgan fingerprint density at radius 2 is 1.57 bits per heavy atom. The first-order chi connectivity index (χ1) is 13.1. The zero-order valence-electron chi connectivity index (χ0n) is 16.7. The zero-order chi connectivity index (χ0) is 20.6. The Bertz CT molecular complexity index is 1110. The second-order valence-corrected chi connectivity index (χ2v) is 9.68. The van der Waals surface area contributed by atoms with Gasteiger partial charge in [0.25, 0.3) is 10.0 Å². The molecule has 28 heavy (non-hydrogen) atoms. The van der Waals surface area contributed by atoms with Gasteiger partial charge in [-0.05, 0) is 78.4 Å². The molecule has 0 aliphatic carbocycles. The van der Waals surface area contributed by atoms with Gasteiger partial charge in [0.2, 0.25) is 0 Å². The molecule has 2 aromatic carbocycles. The van der Waals surface area contributed by atoms with E-state index in [1.807, 2.05) is 65.0 Å². The molecular formula is C21H24BrN3O2S. The van der Waals surface area contributed by atoms with E-state index in [0.29, 0.717) is 15.9 Å². The van der Waals surface area contributed by atoms with Gasteiger partial charge < -0.3 is 0 Å². The average Bonchev–Trinajstić information content (AvgIpc) is 2.93. The van der Waals surface area contributed by atoms with E-state index < -0.39 is 10.0 Å². The van der Waals surface area contributed by atoms with E-state index in [-0.39, 0.29) is 5.82 Å². The SMILES string of the molecule is Cc1ccc(Cn2cc(Br)c(NS(=O)(=O)c3c(C)c(C)cc(C)c3C)n2)cc1. The van der Waals surface area contributed by atoms with E-state index >= 15 is 0 Å². The smallest absolute Gasteiger partial charge is 0.263 e. The third-order valence-electron chi connectivity index (χ3n) is 4.98. The van der Waals surface area contributed by atoms with Crippen LogP contribution in [0.1, 0.15) is 33.4 Å². The number of anilines is 1. The predicted molar refractivity (Wildman–Crippen MR) is 116 cm³/mol. The van der Waals surface area contributed by atoms with Crippen LogP contribution in [-0.4, -0.2) is 18.2 Å². The second kappa shape index (κ2) is 7.72. The molecule has 0 bridgehead atoms. The zero-order valence-corrected chi connectivity index (χ0v) is 19.1. The quantitative estimate of drug-likeness (QED) is 0.578. The summed E-state index contributed by atoms with van der Waals surface area (Å²) >= 11 is 3.42. The Labute approximate surface area is 175 Å². The fraction of sp³-hybridized carbons (Fsp3) is 0.286. The van der Waals surface area contributed by atoms with Crippen molar-refractivity contribution in [3.63, 3.8) is 0 Å². The fourth-order valence-corrected chi connectivity index (χ4v) is 5.37. The Morgan fingerprint density at radius 3 is 2.14 bits per heavy atom. The van der Waals surface area contributed by atoms with Crippen molar-refractivity contribution >= 4 is 31.8 Å². The lowest BCUT2D eigenvalue weighted by Crippen LogP contribution is -2.17. The van der Waals surface area contributed by atoms with Crippen molar-refractivity contribution in [2.75, 3.05) is 4.72 Å². The first kappa shape index (κ1) is 20.6. The summed E-state index contributed by atoms with van der Waals surface area (Å²) in [6.45, 7) is 10.1. The van der Waals surface area contributed by atoms with Crippen molar-refractivity contribution in [1.82, 2.24) is 9.78 Å². The minimum absolute atomic E-state index is 0.282. The van der Waals surface area contributed by atoms with Crippen LogP contribution in [0.3, 0.4) is 0 Å². The summed E-state index contributed by atoms with van der Waals surface area (Å²) in [6.07, 6.45) is 1.78. The highest BCUT2D eigenvalue weighted by Gasteiger charge is 2.24. The summed E-state index contributed by atoms with van der Waals surface area (Å²) in [4.78, 5) is 0.324. The second-order valence-electron chi connectivity index (χ2n) is 7.20. The van der Waals surface area contributed by atoms with E-state index in [4.69, 9.17) is 0 Å². The van der Waals surface area contributed by atoms with Crippen LogP contribution in [0.15, 0.2) is 45.9 Å². The molecule has 0 unspecified atom stereocenters. The Balaban J connectivity index is 1.92. The molecule has 0 aliphatic rings. The van der Waals surface area contributed by atoms with Crippen LogP contribution in [0.4, 0.5) is 5.82 Å². The van der Waals surface area contributed by atoms with Gasteiger partial charge in [-0.15, -0.1) is 0 Å². The molecular weight excluding hydrogens is 438 g/mol. The molecule has 5 nitrogen and oxygen atoms in total. The lowest BCUT2D eigenvalue weighted by molar-refractivity contribution is 0.599. The van der Waals surface area contributed by atoms with E-state index in [9.17, 15) is 8.42 Å². The molecule has 0 fully saturated rings. The normalized spacial score (nSPS) is 11.6. The van der Waals surface area contributed by atoms with Crippen molar-refractivity contribution < 1.29 is 8.42 Å². The summed E-state index contributed by atoms with van der Waals surface area (Å²) in [5.74, 6) is 0.282. The largest absolute Gasteiger partial charge is 0.265 e. The number of nitrogens with zero attached hydrogens (tertiary/aromatic N) is 2. The first-order valence-corrected chi connectivity index (χ1v) is 11.2. The van der Waals surface area contributed by atoms with Crippen LogP contribution in [0.5, 0.6) is 0 Å². The lowest BCUT2D eigenvalue weighted by Gasteiger charge is -2.16. The van der Waals surface area contributed by atoms with Gasteiger partial charge in [-0.25, -0.2) is 8.42 Å². The number of hydrogen-bond donors (Lipinski definition) is 1. The summed E-state index contributed by atoms with van der Waals surface area (Å²) in [6, 6.07) is 10.2. The number of rotatable bonds is 5. The van der Waals surface area contributed by atoms with Crippen LogP contribution in [-0.2, 0) is 16.6 Å². The predicted octanol–water partition coefficient (Wildman–Crippen LogP) is 5.04. The molecule has 0 atom stereocenters. The van der Waals surface area contributed by atoms with Gasteiger partial charge in [0.15, 0.2) is 5.82 Å². The molecule has 3 aromatic rings. The Morgan fingerprint density at radius 1 is 1.00 bits per heavy atom. The first-order valence-electron chi connectivity index (χ1n) is 8.97. The number of hydrogen-bond acceptors (Lipinski definition) is 3. The maximum absolute atomic E-state index is 13.1. The number of aromatic nitrogens is 2. The van der Waals surface area contributed by atoms with Crippen LogP contribution < -0.4 is 4.72 Å². The maximum atomic E-state index is 13.1. The van der Waals surface area contributed by atoms with Gasteiger partial charge in [0.05, 0.1) is 15.9 Å². The van der Waals surface area contributed by atoms with Gasteiger partial charge in [0.1, 0.15) is 0 Å². The summed E-state index contributed by atoms with van der Waals surface area (Å²) in [7, 11) is -3.76. The van der Waals surface area contributed by atoms with Crippen molar-refractivity contribution in [3.05, 3.63) is 74.4 Å². The van der Waals surface area contributed by atoms with Crippen LogP contribution in [0.25, 0.3) is 0 Å². The number of sulfonamides is 1. The molecule has 1 heterocycles. The number of aryl methyl sites for hydroxylation is 3. The summed E-state index contributed by atoms with van der Waals surface area (Å²) < 4.78 is 31.2. The minimum atomic E-state index is -3.76. The molecule has 0 amide bonds. The topological polar surface area (TPSA) is 64.0 Å². The highest BCUT2D eigenvalue weighted by molar-refractivity contribution is 9.10. The van der Waals surface area contributed by atoms with Crippen molar-refractivity contribution in [2.24, 2.45) is 0 Å². The van der Waals surface area contributed by atoms with E-state index in [1.54, 1.807) is 10.9 Å². The van der Waals surface area contributed by atoms with Crippen LogP contribution in [0, 0.1) is 34.6 Å². The molecule has 1 N–H and O–H groups in total. The lowest BCUT2D eigenvalue weighted by atomic mass is 10.0. The standard InChI is InChI=1S/C21H24BrN3O2S/c1-13-6-8-18(9-7-13)11-25-12-19(22)21(23-25)24-28(26,27)20-16(4)14(2)10-15(3)17(20)5/h6-10,12H,11H2,1-5H3,(H,23,24). The molecule has 0 saturated carbocycles. The molecule has 0 aliphatic heterocycles. The number of benzene rings is 2. The van der Waals surface area contributed by atoms with Gasteiger partial charge >= 0.3 is 0 Å². The Hall–Kier alpha value is -2.12. The molecule has 0 spiro atoms. The van der Waals surface area contributed by atoms with Crippen molar-refractivity contribution in [1.29, 1.82) is 0 Å². The fourth-order valence-electron chi connectivity index (χ4n) is 3.19. The molecule has 0 saturated heterocycles. The van der Waals surface area contributed by atoms with E-state index in [1.165, 1.54) is 5.56 Å². The monoisotopic (exact) mass is 461 g/mol. The highest BCUT2D eigenvalue weighted by atomic mass is 79.9. The molecule has 1 aromatic heterocycles. The molecule has 7 heteroatoms. The third kappa shape index (κ3) is 4.15. The number of nitrogens with one attached hydrogen (secondary N) is 1. The summed E-state index contributed by atoms with van der Waals surface area (Å²) in [5.41, 5.74) is 5.70. The molecule has 3 rings (SSSR count). The summed E-state index contributed by atoms with van der Waals surface area (Å²) in [5, 5.41) is 4.42. The van der Waals surface area contributed by atoms with E-state index in [2.05, 4.69) is 25.8 Å². The highest BCUT2D eigenvalue weighted by Crippen LogP contribution is 2.29. The molecule has 148 valence electrons. The van der Waals surface area contributed by atoms with Crippen LogP contribution >= 0.6 is 15.9 Å². The van der Waals surface area contributed by atoms with E-state index in [0.717, 1.165) is 27.8 Å². The third-order valence-corrected chi connectivity index (χ3v) is 7.17. The van der Waals surface area contributed by atoms with Gasteiger partial charge in [-0.3, -0.25) is 9.40 Å². The van der Waals surface area contributed by atoms with Gasteiger partial charge in [-0.1, -0.05) is 35.9 Å². The maximum Gasteiger partial charge on any atom is 0.263 e. The minimum Gasteiger partial charge on any atom is -0.265 e. The van der Waals surface area contributed by atoms with Gasteiger partial charge in [-0.2, -0.15) is 5.10 Å². The Kier molecular flexibility index (Phi) is 5.68. The van der Waals surface area contributed by atoms with Crippen LogP contribution in [0.2, 0.25) is 0 Å². The van der Waals surface area contributed by atoms with Crippen molar-refractivity contribution in [3.8, 4) is 0 Å². The van der Waals surface area contributed by atoms with Crippen molar-refractivity contribution in [2.45, 2.75) is 46.1 Å². The number of halogens is 1. The molecule has 0 radical (unpaired) electrons. The average molecular weight is 462 g/mol.